The van der Waals surface area contributed by atoms with E-state index in [1.165, 1.54) is 0 Å². The molecule has 58 heavy (non-hydrogen) atoms. The molecule has 4 atom stereocenters. The number of benzene rings is 3. The van der Waals surface area contributed by atoms with Gasteiger partial charge >= 0.3 is 0 Å². The molecule has 3 aromatic rings. The average Bonchev–Trinajstić information content (AvgIpc) is 3.17. The lowest BCUT2D eigenvalue weighted by molar-refractivity contribution is -0.141. The molecule has 0 radical (unpaired) electrons. The van der Waals surface area contributed by atoms with Crippen molar-refractivity contribution >= 4 is 23.6 Å². The van der Waals surface area contributed by atoms with E-state index in [9.17, 15) is 28.0 Å². The number of hydrogen-bond acceptors (Lipinski definition) is 8. The van der Waals surface area contributed by atoms with Gasteiger partial charge < -0.3 is 40.2 Å². The quantitative estimate of drug-likeness (QED) is 0.108. The Morgan fingerprint density at radius 2 is 1.24 bits per heavy atom. The first-order valence-electron chi connectivity index (χ1n) is 19.3. The highest BCUT2D eigenvalue weighted by atomic mass is 19.1. The summed E-state index contributed by atoms with van der Waals surface area (Å²) in [6, 6.07) is 15.9. The van der Waals surface area contributed by atoms with Crippen molar-refractivity contribution in [1.29, 1.82) is 0 Å². The Hall–Kier alpha value is -5.08. The van der Waals surface area contributed by atoms with Gasteiger partial charge in [-0.1, -0.05) is 72.7 Å². The third-order valence-corrected chi connectivity index (χ3v) is 9.13. The molecule has 0 bridgehead atoms. The van der Waals surface area contributed by atoms with Gasteiger partial charge in [0.2, 0.25) is 17.7 Å². The zero-order chi connectivity index (χ0) is 43.0. The molecule has 0 saturated heterocycles. The van der Waals surface area contributed by atoms with E-state index in [1.54, 1.807) is 67.9 Å². The highest BCUT2D eigenvalue weighted by molar-refractivity contribution is 5.85. The molecule has 4 N–H and O–H groups in total. The van der Waals surface area contributed by atoms with Gasteiger partial charge in [-0.15, -0.1) is 0 Å². The van der Waals surface area contributed by atoms with Crippen LogP contribution in [0.3, 0.4) is 0 Å². The summed E-state index contributed by atoms with van der Waals surface area (Å²) in [5, 5.41) is 11.5. The third kappa shape index (κ3) is 16.0. The van der Waals surface area contributed by atoms with Crippen molar-refractivity contribution in [3.05, 3.63) is 95.1 Å². The van der Waals surface area contributed by atoms with E-state index in [0.29, 0.717) is 11.5 Å². The van der Waals surface area contributed by atoms with Crippen LogP contribution >= 0.6 is 0 Å². The number of halogens is 2. The molecule has 0 aliphatic heterocycles. The van der Waals surface area contributed by atoms with Crippen molar-refractivity contribution in [2.45, 2.75) is 92.7 Å². The fourth-order valence-corrected chi connectivity index (χ4v) is 5.47. The minimum absolute atomic E-state index is 0.0370. The second kappa shape index (κ2) is 22.2. The number of hydrogen-bond donors (Lipinski definition) is 4. The van der Waals surface area contributed by atoms with E-state index in [1.807, 2.05) is 43.3 Å². The fourth-order valence-electron chi connectivity index (χ4n) is 5.47. The number of nitrogens with one attached hydrogen (secondary N) is 4. The second-order valence-electron chi connectivity index (χ2n) is 16.5. The van der Waals surface area contributed by atoms with E-state index in [2.05, 4.69) is 21.3 Å². The third-order valence-electron chi connectivity index (χ3n) is 9.13. The molecule has 0 aliphatic carbocycles. The van der Waals surface area contributed by atoms with Crippen LogP contribution in [-0.4, -0.2) is 75.7 Å². The van der Waals surface area contributed by atoms with Crippen LogP contribution < -0.4 is 30.7 Å². The molecule has 0 saturated carbocycles. The fraction of sp³-hybridized carbons (Fsp3) is 0.500. The van der Waals surface area contributed by atoms with Crippen molar-refractivity contribution in [1.82, 2.24) is 21.3 Å². The van der Waals surface area contributed by atoms with Crippen LogP contribution in [0.5, 0.6) is 11.5 Å². The Morgan fingerprint density at radius 1 is 0.707 bits per heavy atom. The number of methoxy groups -OCH3 is 2. The summed E-state index contributed by atoms with van der Waals surface area (Å²) in [5.74, 6) is -1.75. The Kier molecular flexibility index (Phi) is 18.1. The van der Waals surface area contributed by atoms with Gasteiger partial charge in [0.15, 0.2) is 6.10 Å². The average molecular weight is 811 g/mol. The minimum atomic E-state index is -1.18. The highest BCUT2D eigenvalue weighted by Crippen LogP contribution is 2.20. The first-order chi connectivity index (χ1) is 27.3. The molecule has 3 aromatic carbocycles. The SMILES string of the molecule is COc1ccc(COCC(NC(=O)C(C)(C)C)C(OCc2ccc(OC)cc2)C(=O)NCC(C)CNC(=O)CC(Cc2cc(F)ccc2F)NC(=O)C(C)(C)C)cc1. The predicted molar refractivity (Wildman–Crippen MR) is 217 cm³/mol. The van der Waals surface area contributed by atoms with Crippen LogP contribution in [0.1, 0.15) is 71.6 Å². The van der Waals surface area contributed by atoms with Crippen LogP contribution in [0.4, 0.5) is 8.78 Å². The van der Waals surface area contributed by atoms with Crippen LogP contribution in [0, 0.1) is 28.4 Å². The molecule has 3 rings (SSSR count). The van der Waals surface area contributed by atoms with Gasteiger partial charge in [-0.05, 0) is 71.5 Å². The van der Waals surface area contributed by atoms with Gasteiger partial charge in [0.05, 0.1) is 40.1 Å². The summed E-state index contributed by atoms with van der Waals surface area (Å²) >= 11 is 0. The van der Waals surface area contributed by atoms with E-state index >= 15 is 0 Å². The van der Waals surface area contributed by atoms with E-state index < -0.39 is 52.5 Å². The predicted octanol–water partition coefficient (Wildman–Crippen LogP) is 5.65. The molecule has 12 nitrogen and oxygen atoms in total. The maximum atomic E-state index is 14.5. The lowest BCUT2D eigenvalue weighted by Crippen LogP contribution is -2.56. The number of amides is 4. The summed E-state index contributed by atoms with van der Waals surface area (Å²) in [6.45, 7) is 12.7. The van der Waals surface area contributed by atoms with Crippen molar-refractivity contribution in [2.24, 2.45) is 16.7 Å². The molecule has 14 heteroatoms. The first-order valence-corrected chi connectivity index (χ1v) is 19.3. The van der Waals surface area contributed by atoms with Crippen LogP contribution in [0.2, 0.25) is 0 Å². The van der Waals surface area contributed by atoms with Gasteiger partial charge in [0, 0.05) is 36.4 Å². The van der Waals surface area contributed by atoms with Gasteiger partial charge in [-0.2, -0.15) is 0 Å². The van der Waals surface area contributed by atoms with Crippen molar-refractivity contribution < 1.29 is 46.9 Å². The van der Waals surface area contributed by atoms with E-state index in [0.717, 1.165) is 29.3 Å². The van der Waals surface area contributed by atoms with Crippen molar-refractivity contribution in [3.63, 3.8) is 0 Å². The van der Waals surface area contributed by atoms with Crippen LogP contribution in [-0.2, 0) is 48.3 Å². The number of ether oxygens (including phenoxy) is 4. The zero-order valence-electron chi connectivity index (χ0n) is 35.1. The van der Waals surface area contributed by atoms with Crippen LogP contribution in [0.25, 0.3) is 0 Å². The Balaban J connectivity index is 1.72. The number of carbonyl (C=O) groups excluding carboxylic acids is 4. The Bertz CT molecular complexity index is 1790. The van der Waals surface area contributed by atoms with Gasteiger partial charge in [0.25, 0.3) is 5.91 Å². The molecule has 318 valence electrons. The molecule has 0 fully saturated rings. The largest absolute Gasteiger partial charge is 0.497 e. The summed E-state index contributed by atoms with van der Waals surface area (Å²) in [6.07, 6.45) is -1.47. The molecule has 4 unspecified atom stereocenters. The van der Waals surface area contributed by atoms with Gasteiger partial charge in [-0.3, -0.25) is 19.2 Å². The normalized spacial score (nSPS) is 13.7. The maximum Gasteiger partial charge on any atom is 0.251 e. The first kappa shape index (κ1) is 47.3. The Labute approximate surface area is 341 Å². The summed E-state index contributed by atoms with van der Waals surface area (Å²) < 4.78 is 51.3. The molecule has 0 spiro atoms. The van der Waals surface area contributed by atoms with Crippen LogP contribution in [0.15, 0.2) is 66.7 Å². The summed E-state index contributed by atoms with van der Waals surface area (Å²) in [7, 11) is 3.14. The van der Waals surface area contributed by atoms with E-state index in [4.69, 9.17) is 18.9 Å². The smallest absolute Gasteiger partial charge is 0.251 e. The monoisotopic (exact) mass is 810 g/mol. The molecular formula is C44H60F2N4O8. The van der Waals surface area contributed by atoms with E-state index in [-0.39, 0.29) is 69.0 Å². The summed E-state index contributed by atoms with van der Waals surface area (Å²) in [4.78, 5) is 53.2. The summed E-state index contributed by atoms with van der Waals surface area (Å²) in [5.41, 5.74) is 0.108. The molecule has 4 amide bonds. The van der Waals surface area contributed by atoms with Crippen molar-refractivity contribution in [3.8, 4) is 11.5 Å². The number of rotatable bonds is 21. The maximum absolute atomic E-state index is 14.5. The van der Waals surface area contributed by atoms with Crippen molar-refractivity contribution in [2.75, 3.05) is 33.9 Å². The van der Waals surface area contributed by atoms with Gasteiger partial charge in [0.1, 0.15) is 23.1 Å². The molecule has 0 heterocycles. The topological polar surface area (TPSA) is 153 Å². The Morgan fingerprint density at radius 3 is 1.79 bits per heavy atom. The highest BCUT2D eigenvalue weighted by Gasteiger charge is 2.34. The molecular weight excluding hydrogens is 750 g/mol. The lowest BCUT2D eigenvalue weighted by Gasteiger charge is -2.30. The lowest BCUT2D eigenvalue weighted by atomic mass is 9.94. The molecule has 0 aromatic heterocycles. The standard InChI is InChI=1S/C44H60F2N4O8/c1-28(23-47-38(51)22-33(49-41(53)43(2,3)4)21-31-20-32(45)14-19-36(31)46)24-48-40(52)39(58-26-30-12-17-35(56-9)18-13-30)37(50-42(54)44(5,6)7)27-57-25-29-10-15-34(55-8)16-11-29/h10-20,28,33,37,39H,21-27H2,1-9H3,(H,47,51)(H,48,52)(H,49,53)(H,50,54). The zero-order valence-corrected chi connectivity index (χ0v) is 35.1. The minimum Gasteiger partial charge on any atom is -0.497 e. The second-order valence-corrected chi connectivity index (χ2v) is 16.5. The molecule has 0 aliphatic rings. The number of carbonyl (C=O) groups is 4. The van der Waals surface area contributed by atoms with Gasteiger partial charge in [-0.25, -0.2) is 8.78 Å².